The zero-order valence-corrected chi connectivity index (χ0v) is 9.25. The van der Waals surface area contributed by atoms with Crippen LogP contribution in [0.1, 0.15) is 20.3 Å². The SMILES string of the molecule is CCNC(C)CCSCCOC. The lowest BCUT2D eigenvalue weighted by molar-refractivity contribution is 0.218. The van der Waals surface area contributed by atoms with Gasteiger partial charge in [-0.15, -0.1) is 0 Å². The van der Waals surface area contributed by atoms with Gasteiger partial charge < -0.3 is 10.1 Å². The third-order valence-electron chi connectivity index (χ3n) is 1.68. The van der Waals surface area contributed by atoms with Gasteiger partial charge in [-0.05, 0) is 25.6 Å². The van der Waals surface area contributed by atoms with E-state index in [1.807, 2.05) is 11.8 Å². The van der Waals surface area contributed by atoms with Crippen LogP contribution in [-0.4, -0.2) is 37.8 Å². The van der Waals surface area contributed by atoms with Crippen LogP contribution in [0.4, 0.5) is 0 Å². The Bertz CT molecular complexity index is 90.6. The van der Waals surface area contributed by atoms with Crippen LogP contribution in [0.3, 0.4) is 0 Å². The Morgan fingerprint density at radius 2 is 2.17 bits per heavy atom. The fraction of sp³-hybridized carbons (Fsp3) is 1.00. The van der Waals surface area contributed by atoms with Crippen molar-refractivity contribution in [3.8, 4) is 0 Å². The molecule has 0 aliphatic rings. The van der Waals surface area contributed by atoms with Gasteiger partial charge in [-0.2, -0.15) is 11.8 Å². The summed E-state index contributed by atoms with van der Waals surface area (Å²) in [4.78, 5) is 0. The number of methoxy groups -OCH3 is 1. The predicted molar refractivity (Wildman–Crippen MR) is 57.0 cm³/mol. The van der Waals surface area contributed by atoms with Gasteiger partial charge in [-0.25, -0.2) is 0 Å². The van der Waals surface area contributed by atoms with Gasteiger partial charge in [0.25, 0.3) is 0 Å². The van der Waals surface area contributed by atoms with Crippen LogP contribution in [0.25, 0.3) is 0 Å². The van der Waals surface area contributed by atoms with Crippen molar-refractivity contribution in [2.45, 2.75) is 26.3 Å². The first-order valence-electron chi connectivity index (χ1n) is 4.61. The number of nitrogens with one attached hydrogen (secondary N) is 1. The van der Waals surface area contributed by atoms with Crippen molar-refractivity contribution in [1.29, 1.82) is 0 Å². The molecule has 74 valence electrons. The molecule has 0 aromatic carbocycles. The molecule has 0 bridgehead atoms. The Morgan fingerprint density at radius 3 is 2.75 bits per heavy atom. The topological polar surface area (TPSA) is 21.3 Å². The normalized spacial score (nSPS) is 13.2. The lowest BCUT2D eigenvalue weighted by atomic mass is 10.3. The highest BCUT2D eigenvalue weighted by atomic mass is 32.2. The summed E-state index contributed by atoms with van der Waals surface area (Å²) >= 11 is 1.97. The molecule has 0 aliphatic carbocycles. The second kappa shape index (κ2) is 9.36. The Kier molecular flexibility index (Phi) is 9.57. The Morgan fingerprint density at radius 1 is 1.42 bits per heavy atom. The van der Waals surface area contributed by atoms with E-state index in [1.54, 1.807) is 7.11 Å². The maximum absolute atomic E-state index is 4.96. The number of hydrogen-bond acceptors (Lipinski definition) is 3. The van der Waals surface area contributed by atoms with Crippen LogP contribution in [0.2, 0.25) is 0 Å². The lowest BCUT2D eigenvalue weighted by Gasteiger charge is -2.10. The maximum atomic E-state index is 4.96. The molecule has 0 aromatic heterocycles. The second-order valence-electron chi connectivity index (χ2n) is 2.85. The van der Waals surface area contributed by atoms with Gasteiger partial charge in [0.1, 0.15) is 0 Å². The Balaban J connectivity index is 2.97. The van der Waals surface area contributed by atoms with E-state index in [4.69, 9.17) is 4.74 Å². The summed E-state index contributed by atoms with van der Waals surface area (Å²) < 4.78 is 4.96. The van der Waals surface area contributed by atoms with E-state index in [9.17, 15) is 0 Å². The summed E-state index contributed by atoms with van der Waals surface area (Å²) in [6.07, 6.45) is 1.25. The monoisotopic (exact) mass is 191 g/mol. The van der Waals surface area contributed by atoms with E-state index >= 15 is 0 Å². The van der Waals surface area contributed by atoms with E-state index < -0.39 is 0 Å². The minimum atomic E-state index is 0.657. The van der Waals surface area contributed by atoms with Crippen LogP contribution < -0.4 is 5.32 Å². The largest absolute Gasteiger partial charge is 0.384 e. The quantitative estimate of drug-likeness (QED) is 0.591. The smallest absolute Gasteiger partial charge is 0.0552 e. The second-order valence-corrected chi connectivity index (χ2v) is 4.08. The van der Waals surface area contributed by atoms with Crippen molar-refractivity contribution in [3.63, 3.8) is 0 Å². The molecule has 0 amide bonds. The molecule has 12 heavy (non-hydrogen) atoms. The van der Waals surface area contributed by atoms with Gasteiger partial charge in [0.2, 0.25) is 0 Å². The number of ether oxygens (including phenoxy) is 1. The third kappa shape index (κ3) is 8.37. The number of hydrogen-bond donors (Lipinski definition) is 1. The van der Waals surface area contributed by atoms with Gasteiger partial charge in [0.15, 0.2) is 0 Å². The molecule has 3 heteroatoms. The van der Waals surface area contributed by atoms with E-state index in [2.05, 4.69) is 19.2 Å². The first kappa shape index (κ1) is 12.3. The summed E-state index contributed by atoms with van der Waals surface area (Å²) in [5.74, 6) is 2.35. The molecule has 1 N–H and O–H groups in total. The minimum absolute atomic E-state index is 0.657. The van der Waals surface area contributed by atoms with Crippen LogP contribution in [0, 0.1) is 0 Å². The maximum Gasteiger partial charge on any atom is 0.0552 e. The van der Waals surface area contributed by atoms with Crippen molar-refractivity contribution in [2.75, 3.05) is 31.8 Å². The van der Waals surface area contributed by atoms with Crippen molar-refractivity contribution >= 4 is 11.8 Å². The fourth-order valence-corrected chi connectivity index (χ4v) is 1.96. The minimum Gasteiger partial charge on any atom is -0.384 e. The average molecular weight is 191 g/mol. The van der Waals surface area contributed by atoms with Crippen LogP contribution >= 0.6 is 11.8 Å². The molecule has 0 saturated carbocycles. The van der Waals surface area contributed by atoms with E-state index in [0.29, 0.717) is 6.04 Å². The summed E-state index contributed by atoms with van der Waals surface area (Å²) in [5.41, 5.74) is 0. The standard InChI is InChI=1S/C9H21NOS/c1-4-10-9(2)5-7-12-8-6-11-3/h9-10H,4-8H2,1-3H3. The highest BCUT2D eigenvalue weighted by Crippen LogP contribution is 2.04. The molecule has 0 spiro atoms. The van der Waals surface area contributed by atoms with Gasteiger partial charge in [0, 0.05) is 18.9 Å². The van der Waals surface area contributed by atoms with E-state index in [0.717, 1.165) is 18.9 Å². The summed E-state index contributed by atoms with van der Waals surface area (Å²) in [7, 11) is 1.75. The van der Waals surface area contributed by atoms with Gasteiger partial charge >= 0.3 is 0 Å². The van der Waals surface area contributed by atoms with Crippen LogP contribution in [0.15, 0.2) is 0 Å². The highest BCUT2D eigenvalue weighted by molar-refractivity contribution is 7.99. The molecular formula is C9H21NOS. The number of thioether (sulfide) groups is 1. The molecular weight excluding hydrogens is 170 g/mol. The molecule has 2 nitrogen and oxygen atoms in total. The van der Waals surface area contributed by atoms with Crippen molar-refractivity contribution in [2.24, 2.45) is 0 Å². The molecule has 0 heterocycles. The zero-order chi connectivity index (χ0) is 9.23. The lowest BCUT2D eigenvalue weighted by Crippen LogP contribution is -2.25. The number of rotatable bonds is 8. The Labute approximate surface area is 80.4 Å². The summed E-state index contributed by atoms with van der Waals surface area (Å²) in [6, 6.07) is 0.657. The van der Waals surface area contributed by atoms with Crippen LogP contribution in [0.5, 0.6) is 0 Å². The fourth-order valence-electron chi connectivity index (χ4n) is 0.955. The summed E-state index contributed by atoms with van der Waals surface area (Å²) in [6.45, 7) is 6.33. The van der Waals surface area contributed by atoms with E-state index in [1.165, 1.54) is 12.2 Å². The zero-order valence-electron chi connectivity index (χ0n) is 8.43. The van der Waals surface area contributed by atoms with Gasteiger partial charge in [-0.1, -0.05) is 6.92 Å². The first-order chi connectivity index (χ1) is 5.81. The molecule has 0 rings (SSSR count). The van der Waals surface area contributed by atoms with Crippen LogP contribution in [-0.2, 0) is 4.74 Å². The van der Waals surface area contributed by atoms with Crippen molar-refractivity contribution in [3.05, 3.63) is 0 Å². The van der Waals surface area contributed by atoms with Crippen molar-refractivity contribution in [1.82, 2.24) is 5.32 Å². The average Bonchev–Trinajstić information content (AvgIpc) is 2.05. The van der Waals surface area contributed by atoms with Gasteiger partial charge in [-0.3, -0.25) is 0 Å². The molecule has 0 fully saturated rings. The Hall–Kier alpha value is 0.270. The van der Waals surface area contributed by atoms with Gasteiger partial charge in [0.05, 0.1) is 6.61 Å². The van der Waals surface area contributed by atoms with E-state index in [-0.39, 0.29) is 0 Å². The molecule has 1 unspecified atom stereocenters. The third-order valence-corrected chi connectivity index (χ3v) is 2.66. The predicted octanol–water partition coefficient (Wildman–Crippen LogP) is 1.75. The molecule has 1 atom stereocenters. The summed E-state index contributed by atoms with van der Waals surface area (Å²) in [5, 5.41) is 3.39. The molecule has 0 aromatic rings. The molecule has 0 saturated heterocycles. The highest BCUT2D eigenvalue weighted by Gasteiger charge is 1.98. The first-order valence-corrected chi connectivity index (χ1v) is 5.76. The molecule has 0 radical (unpaired) electrons. The van der Waals surface area contributed by atoms with Crippen molar-refractivity contribution < 1.29 is 4.74 Å². The molecule has 0 aliphatic heterocycles.